The van der Waals surface area contributed by atoms with Crippen molar-refractivity contribution in [3.05, 3.63) is 203 Å². The number of nitrogens with one attached hydrogen (secondary N) is 10. The highest BCUT2D eigenvalue weighted by atomic mass is 32.2. The van der Waals surface area contributed by atoms with Gasteiger partial charge in [0.2, 0.25) is 88.6 Å². The molecule has 11 atom stereocenters. The van der Waals surface area contributed by atoms with E-state index in [1.165, 1.54) is 83.8 Å². The van der Waals surface area contributed by atoms with Crippen LogP contribution in [0.4, 0.5) is 0 Å². The number of hydrogen-bond acceptors (Lipinski definition) is 20. The molecule has 1 aromatic heterocycles. The molecule has 15 amide bonds. The number of nitrogens with zero attached hydrogens (tertiary/aromatic N) is 5. The molecule has 0 aliphatic carbocycles. The van der Waals surface area contributed by atoms with E-state index in [1.54, 1.807) is 143 Å². The minimum absolute atomic E-state index is 0.0208. The molecule has 36 nitrogen and oxygen atoms in total. The maximum Gasteiger partial charge on any atom is 0.305 e. The van der Waals surface area contributed by atoms with Gasteiger partial charge in [-0.25, -0.2) is 0 Å². The van der Waals surface area contributed by atoms with E-state index in [9.17, 15) is 53.7 Å². The first-order valence-electron chi connectivity index (χ1n) is 43.3. The van der Waals surface area contributed by atoms with Crippen molar-refractivity contribution in [1.82, 2.24) is 77.3 Å². The predicted molar refractivity (Wildman–Crippen MR) is 490 cm³/mol. The van der Waals surface area contributed by atoms with Crippen LogP contribution in [0.3, 0.4) is 0 Å². The van der Waals surface area contributed by atoms with Gasteiger partial charge < -0.3 is 104 Å². The van der Waals surface area contributed by atoms with Crippen LogP contribution in [0.2, 0.25) is 0 Å². The number of unbranched alkanes of at least 4 members (excludes halogenated alkanes) is 1. The quantitative estimate of drug-likeness (QED) is 0.0410. The SMILES string of the molecule is CCCCC1C(=O)N(C)CC(=O)NC(CC(=O)O)C(=O)NC(C(C)C)C(=O)N(C)C(Cc2ccccc2)C(=O)NC(Cc2ccc(O)cc2)C(=O)N(C)CC(=O)NC(Cc2c[nH]c3ccccc23)C(=O)NC(Cc2ccc(O)cc2)C(=O)NC(CC(C)C)C(=O)NC(C(=O)NCC(N)=O)CSCC(=O)NC(Cc2ccc(CN)cc2)C(=O)N(C)C(Cc2ccccc2)C(=O)N1C. The molecule has 8 rings (SSSR count). The molecule has 11 unspecified atom stereocenters. The smallest absolute Gasteiger partial charge is 0.305 e. The number of aliphatic carboxylic acids is 1. The molecule has 1 aliphatic rings. The van der Waals surface area contributed by atoms with Crippen LogP contribution in [-0.4, -0.2) is 272 Å². The summed E-state index contributed by atoms with van der Waals surface area (Å²) in [4.78, 5) is 244. The predicted octanol–water partition coefficient (Wildman–Crippen LogP) is 1.79. The second-order valence-corrected chi connectivity index (χ2v) is 34.6. The van der Waals surface area contributed by atoms with Crippen molar-refractivity contribution in [2.75, 3.05) is 66.4 Å². The first-order valence-corrected chi connectivity index (χ1v) is 44.5. The number of likely N-dealkylation sites (N-methyl/N-ethyl adjacent to an activating group) is 5. The molecule has 17 N–H and O–H groups in total. The Kier molecular flexibility index (Phi) is 39.0. The van der Waals surface area contributed by atoms with Crippen LogP contribution in [0.15, 0.2) is 164 Å². The van der Waals surface area contributed by atoms with E-state index in [0.29, 0.717) is 57.1 Å². The van der Waals surface area contributed by atoms with Crippen LogP contribution in [0.25, 0.3) is 10.9 Å². The van der Waals surface area contributed by atoms with Gasteiger partial charge in [0, 0.05) is 103 Å². The number of fused-ring (bicyclic) bond motifs is 1. The maximum absolute atomic E-state index is 15.6. The van der Waals surface area contributed by atoms with Gasteiger partial charge in [0.25, 0.3) is 0 Å². The molecule has 6 aromatic carbocycles. The van der Waals surface area contributed by atoms with Gasteiger partial charge in [0.1, 0.15) is 78.0 Å². The lowest BCUT2D eigenvalue weighted by Crippen LogP contribution is -2.61. The summed E-state index contributed by atoms with van der Waals surface area (Å²) in [5.74, 6) is -17.6. The van der Waals surface area contributed by atoms with E-state index in [-0.39, 0.29) is 75.3 Å². The number of phenolic OH excluding ortho intramolecular Hbond substituents is 2. The molecule has 1 aliphatic heterocycles. The molecule has 7 aromatic rings. The average Bonchev–Trinajstić information content (AvgIpc) is 0.863. The van der Waals surface area contributed by atoms with Gasteiger partial charge in [-0.05, 0) is 94.0 Å². The number of aromatic nitrogens is 1. The Morgan fingerprint density at radius 3 is 1.46 bits per heavy atom. The minimum Gasteiger partial charge on any atom is -0.508 e. The monoisotopic (exact) mass is 1820 g/mol. The molecular weight excluding hydrogens is 1700 g/mol. The summed E-state index contributed by atoms with van der Waals surface area (Å²) in [5.41, 5.74) is 15.8. The third kappa shape index (κ3) is 31.0. The standard InChI is InChI=1S/C94H121N17O19S/c1-11-12-27-75-92(128)108(7)52-80(116)100-71(47-82(118)119)88(124)106-83(56(4)5)94(130)110(9)76(44-57-21-15-13-16-22-57)89(125)104-72(42-61-34-38-65(113)39-35-61)90(126)107(6)51-79(115)99-70(46-63-49-97-67-26-20-19-25-66(63)67)87(123)103-69(41-60-32-36-64(112)37-33-60)86(122)102-68(40-55(2)3)85(121)105-74(84(120)98-50-78(96)114)53-131-54-81(117)101-73(43-59-28-30-62(48-95)31-29-59)91(127)111(10)77(93(129)109(75)8)45-58-23-17-14-18-24-58/h13-26,28-39,49,55-56,68-77,83,97,112-113H,11-12,27,40-48,50-54,95H2,1-10H3,(H2,96,114)(H,98,120)(H,99,115)(H,100,116)(H,101,117)(H,102,122)(H,103,123)(H,104,125)(H,105,121)(H,106,124)(H,118,119). The van der Waals surface area contributed by atoms with Crippen molar-refractivity contribution in [3.63, 3.8) is 0 Å². The summed E-state index contributed by atoms with van der Waals surface area (Å²) < 4.78 is 0. The molecule has 2 heterocycles. The Balaban J connectivity index is 1.22. The van der Waals surface area contributed by atoms with E-state index < -0.39 is 205 Å². The molecule has 0 bridgehead atoms. The van der Waals surface area contributed by atoms with Gasteiger partial charge in [0.15, 0.2) is 0 Å². The zero-order valence-corrected chi connectivity index (χ0v) is 76.1. The lowest BCUT2D eigenvalue weighted by molar-refractivity contribution is -0.151. The third-order valence-corrected chi connectivity index (χ3v) is 23.5. The molecule has 37 heteroatoms. The largest absolute Gasteiger partial charge is 0.508 e. The molecule has 131 heavy (non-hydrogen) atoms. The number of aromatic amines is 1. The molecule has 1 saturated heterocycles. The number of primary amides is 1. The zero-order valence-electron chi connectivity index (χ0n) is 75.3. The van der Waals surface area contributed by atoms with E-state index in [0.717, 1.165) is 41.8 Å². The Bertz CT molecular complexity index is 5140. The van der Waals surface area contributed by atoms with Crippen LogP contribution < -0.4 is 59.3 Å². The van der Waals surface area contributed by atoms with Crippen molar-refractivity contribution in [3.8, 4) is 11.5 Å². The lowest BCUT2D eigenvalue weighted by Gasteiger charge is -2.37. The van der Waals surface area contributed by atoms with Crippen LogP contribution in [0.1, 0.15) is 106 Å². The second-order valence-electron chi connectivity index (χ2n) is 33.6. The molecule has 0 spiro atoms. The van der Waals surface area contributed by atoms with Gasteiger partial charge in [-0.2, -0.15) is 0 Å². The van der Waals surface area contributed by atoms with E-state index in [4.69, 9.17) is 11.5 Å². The summed E-state index contributed by atoms with van der Waals surface area (Å²) in [7, 11) is 6.52. The lowest BCUT2D eigenvalue weighted by atomic mass is 9.98. The van der Waals surface area contributed by atoms with Crippen molar-refractivity contribution in [1.29, 1.82) is 0 Å². The third-order valence-electron chi connectivity index (χ3n) is 22.5. The molecule has 1 fully saturated rings. The zero-order chi connectivity index (χ0) is 95.9. The fourth-order valence-corrected chi connectivity index (χ4v) is 16.0. The van der Waals surface area contributed by atoms with Gasteiger partial charge in [0.05, 0.1) is 31.8 Å². The van der Waals surface area contributed by atoms with E-state index in [1.807, 2.05) is 6.92 Å². The number of benzene rings is 6. The van der Waals surface area contributed by atoms with Gasteiger partial charge >= 0.3 is 5.97 Å². The number of rotatable bonds is 24. The average molecular weight is 1830 g/mol. The molecule has 0 radical (unpaired) electrons. The van der Waals surface area contributed by atoms with Gasteiger partial charge in [-0.1, -0.05) is 175 Å². The van der Waals surface area contributed by atoms with Crippen molar-refractivity contribution in [2.24, 2.45) is 23.3 Å². The van der Waals surface area contributed by atoms with Gasteiger partial charge in [-0.3, -0.25) is 76.7 Å². The highest BCUT2D eigenvalue weighted by Crippen LogP contribution is 2.25. The normalized spacial score (nSPS) is 21.8. The van der Waals surface area contributed by atoms with Crippen LogP contribution >= 0.6 is 11.8 Å². The minimum atomic E-state index is -1.91. The number of aromatic hydroxyl groups is 2. The van der Waals surface area contributed by atoms with E-state index in [2.05, 4.69) is 52.8 Å². The van der Waals surface area contributed by atoms with Crippen molar-refractivity contribution < 1.29 is 92.0 Å². The number of phenols is 2. The highest BCUT2D eigenvalue weighted by Gasteiger charge is 2.42. The van der Waals surface area contributed by atoms with Crippen molar-refractivity contribution in [2.45, 2.75) is 178 Å². The maximum atomic E-state index is 15.6. The Morgan fingerprint density at radius 1 is 0.466 bits per heavy atom. The number of H-pyrrole nitrogens is 1. The van der Waals surface area contributed by atoms with Crippen LogP contribution in [0.5, 0.6) is 11.5 Å². The second kappa shape index (κ2) is 49.7. The fraction of sp³-hybridized carbons (Fsp3) is 0.426. The summed E-state index contributed by atoms with van der Waals surface area (Å²) in [6.45, 7) is 6.31. The number of carbonyl (C=O) groups excluding carboxylic acids is 15. The molecule has 0 saturated carbocycles. The topological polar surface area (TPSA) is 526 Å². The molecule has 702 valence electrons. The summed E-state index contributed by atoms with van der Waals surface area (Å²) in [5, 5.41) is 55.6. The number of nitrogens with two attached hydrogens (primary N) is 2. The fourth-order valence-electron chi connectivity index (χ4n) is 15.1. The summed E-state index contributed by atoms with van der Waals surface area (Å²) in [6, 6.07) is 25.3. The number of carboxylic acid groups (broad SMARTS) is 1. The van der Waals surface area contributed by atoms with Crippen molar-refractivity contribution >= 4 is 117 Å². The van der Waals surface area contributed by atoms with Gasteiger partial charge in [-0.15, -0.1) is 11.8 Å². The Labute approximate surface area is 765 Å². The summed E-state index contributed by atoms with van der Waals surface area (Å²) >= 11 is 0.820. The number of carbonyl (C=O) groups is 16. The Morgan fingerprint density at radius 2 is 0.916 bits per heavy atom. The number of amides is 15. The van der Waals surface area contributed by atoms with E-state index >= 15 is 38.4 Å². The summed E-state index contributed by atoms with van der Waals surface area (Å²) in [6.07, 6.45) is -0.0101. The first-order chi connectivity index (χ1) is 62.3. The highest BCUT2D eigenvalue weighted by molar-refractivity contribution is 8.00. The number of carboxylic acids is 1. The van der Waals surface area contributed by atoms with Crippen LogP contribution in [0, 0.1) is 11.8 Å². The number of thioether (sulfide) groups is 1. The molecular formula is C94H121N17O19S. The number of hydrogen-bond donors (Lipinski definition) is 15. The number of para-hydroxylation sites is 1. The Hall–Kier alpha value is -13.7. The first kappa shape index (κ1) is 103. The van der Waals surface area contributed by atoms with Crippen LogP contribution in [-0.2, 0) is 122 Å².